The number of Topliss-reactive ketones (excluding diaryl/α,β-unsaturated/α-hetero) is 3. The summed E-state index contributed by atoms with van der Waals surface area (Å²) in [5, 5.41) is 57.0. The second kappa shape index (κ2) is 9.60. The topological polar surface area (TPSA) is 179 Å². The summed E-state index contributed by atoms with van der Waals surface area (Å²) in [6.45, 7) is 7.56. The third-order valence-electron chi connectivity index (χ3n) is 9.96. The number of carbonyl (C=O) groups excluding carboxylic acids is 4. The number of aliphatic hydroxyl groups is 2. The molecule has 4 aliphatic rings. The number of hydrogen-bond donors (Lipinski definition) is 5. The summed E-state index contributed by atoms with van der Waals surface area (Å²) in [7, 11) is 0. The van der Waals surface area contributed by atoms with Crippen LogP contribution in [0, 0.1) is 24.2 Å². The lowest BCUT2D eigenvalue weighted by molar-refractivity contribution is -0.274. The molecular formula is C35H32O10. The largest absolute Gasteiger partial charge is 0.508 e. The third kappa shape index (κ3) is 3.46. The monoisotopic (exact) mass is 612 g/mol. The molecule has 0 radical (unpaired) electrons. The van der Waals surface area contributed by atoms with E-state index in [9.17, 15) is 44.7 Å². The summed E-state index contributed by atoms with van der Waals surface area (Å²) in [6, 6.07) is 1.20. The van der Waals surface area contributed by atoms with E-state index in [1.165, 1.54) is 51.1 Å². The minimum absolute atomic E-state index is 0.0279. The van der Waals surface area contributed by atoms with Gasteiger partial charge in [-0.1, -0.05) is 36.5 Å². The van der Waals surface area contributed by atoms with Gasteiger partial charge in [0.15, 0.2) is 40.4 Å². The first-order valence-electron chi connectivity index (χ1n) is 14.5. The van der Waals surface area contributed by atoms with Crippen molar-refractivity contribution in [3.05, 3.63) is 88.3 Å². The summed E-state index contributed by atoms with van der Waals surface area (Å²) < 4.78 is 6.12. The fourth-order valence-corrected chi connectivity index (χ4v) is 8.13. The van der Waals surface area contributed by atoms with E-state index in [-0.39, 0.29) is 33.0 Å². The molecule has 232 valence electrons. The Balaban J connectivity index is 1.76. The minimum Gasteiger partial charge on any atom is -0.508 e. The van der Waals surface area contributed by atoms with Crippen LogP contribution in [0.1, 0.15) is 65.5 Å². The second-order valence-corrected chi connectivity index (χ2v) is 12.3. The van der Waals surface area contributed by atoms with Crippen molar-refractivity contribution in [3.63, 3.8) is 0 Å². The van der Waals surface area contributed by atoms with Crippen LogP contribution < -0.4 is 0 Å². The van der Waals surface area contributed by atoms with E-state index in [0.29, 0.717) is 0 Å². The highest BCUT2D eigenvalue weighted by molar-refractivity contribution is 6.26. The van der Waals surface area contributed by atoms with Crippen molar-refractivity contribution in [2.75, 3.05) is 0 Å². The van der Waals surface area contributed by atoms with Crippen molar-refractivity contribution in [1.82, 2.24) is 0 Å². The van der Waals surface area contributed by atoms with Crippen molar-refractivity contribution in [2.45, 2.75) is 51.9 Å². The molecule has 2 saturated heterocycles. The molecular weight excluding hydrogens is 580 g/mol. The van der Waals surface area contributed by atoms with E-state index in [0.717, 1.165) is 0 Å². The summed E-state index contributed by atoms with van der Waals surface area (Å²) in [6.07, 6.45) is 12.0. The minimum atomic E-state index is -2.46. The number of phenolic OH excluding ortho intramolecular Hbond substituents is 3. The molecule has 5 N–H and O–H groups in total. The number of carbonyl (C=O) groups is 4. The number of rotatable bonds is 5. The molecule has 3 fully saturated rings. The fraction of sp³-hybridized carbons (Fsp3) is 0.314. The predicted molar refractivity (Wildman–Crippen MR) is 162 cm³/mol. The molecule has 1 saturated carbocycles. The molecule has 2 aromatic rings. The van der Waals surface area contributed by atoms with Gasteiger partial charge < -0.3 is 30.3 Å². The first-order valence-corrected chi connectivity index (χ1v) is 14.5. The Labute approximate surface area is 257 Å². The molecule has 0 spiro atoms. The number of ether oxygens (including phenoxy) is 1. The van der Waals surface area contributed by atoms with E-state index in [1.807, 2.05) is 0 Å². The van der Waals surface area contributed by atoms with Gasteiger partial charge >= 0.3 is 0 Å². The standard InChI is InChI=1S/C35H32O10/c1-6-8-10-12-18(36)16-14-17-20(15(3)26(16)38)28(40)29(41)23-21(17)30-33(4)31(42)22(19(37)13-11-9-7-2)24-25(27(23)39)35(30,44)45-34(24,5)32(33)43/h6-14,24-25,30,37-38,40-41,44H,1-5H3/b8-6+,9-7+,12-10+,13-11+,22-19?/t24-,25+,30-,33+,34-,35+/m0/s1. The Morgan fingerprint density at radius 2 is 1.53 bits per heavy atom. The average molecular weight is 613 g/mol. The summed E-state index contributed by atoms with van der Waals surface area (Å²) in [4.78, 5) is 56.5. The van der Waals surface area contributed by atoms with Crippen LogP contribution in [-0.4, -0.2) is 60.1 Å². The van der Waals surface area contributed by atoms with Crippen molar-refractivity contribution >= 4 is 33.9 Å². The normalized spacial score (nSPS) is 33.1. The fourth-order valence-electron chi connectivity index (χ4n) is 8.13. The van der Waals surface area contributed by atoms with E-state index < -0.39 is 86.3 Å². The van der Waals surface area contributed by atoms with Gasteiger partial charge in [-0.2, -0.15) is 0 Å². The second-order valence-electron chi connectivity index (χ2n) is 12.3. The number of fused-ring (bicyclic) bond motifs is 7. The molecule has 6 atom stereocenters. The van der Waals surface area contributed by atoms with Crippen molar-refractivity contribution in [2.24, 2.45) is 17.3 Å². The molecule has 2 aromatic carbocycles. The van der Waals surface area contributed by atoms with Crippen LogP contribution in [0.15, 0.2) is 66.0 Å². The molecule has 2 aliphatic carbocycles. The molecule has 10 heteroatoms. The van der Waals surface area contributed by atoms with E-state index in [2.05, 4.69) is 0 Å². The Hall–Kier alpha value is -4.80. The number of aromatic hydroxyl groups is 3. The maximum Gasteiger partial charge on any atom is 0.189 e. The lowest BCUT2D eigenvalue weighted by atomic mass is 9.55. The zero-order valence-corrected chi connectivity index (χ0v) is 25.2. The van der Waals surface area contributed by atoms with Gasteiger partial charge in [0.05, 0.1) is 23.0 Å². The molecule has 6 rings (SSSR count). The van der Waals surface area contributed by atoms with E-state index in [4.69, 9.17) is 4.74 Å². The van der Waals surface area contributed by atoms with Crippen LogP contribution in [0.2, 0.25) is 0 Å². The van der Waals surface area contributed by atoms with Crippen LogP contribution >= 0.6 is 0 Å². The van der Waals surface area contributed by atoms with Gasteiger partial charge in [-0.05, 0) is 63.8 Å². The van der Waals surface area contributed by atoms with Crippen LogP contribution in [0.5, 0.6) is 17.2 Å². The number of aliphatic hydroxyl groups excluding tert-OH is 1. The third-order valence-corrected chi connectivity index (χ3v) is 9.96. The Morgan fingerprint density at radius 1 is 0.911 bits per heavy atom. The summed E-state index contributed by atoms with van der Waals surface area (Å²) in [5.74, 6) is -12.9. The van der Waals surface area contributed by atoms with Crippen molar-refractivity contribution in [1.29, 1.82) is 0 Å². The smallest absolute Gasteiger partial charge is 0.189 e. The Bertz CT molecular complexity index is 1940. The number of benzene rings is 2. The van der Waals surface area contributed by atoms with Gasteiger partial charge in [-0.3, -0.25) is 19.2 Å². The van der Waals surface area contributed by atoms with Gasteiger partial charge in [0.1, 0.15) is 22.5 Å². The highest BCUT2D eigenvalue weighted by atomic mass is 16.7. The number of hydrogen-bond acceptors (Lipinski definition) is 10. The molecule has 2 aliphatic heterocycles. The van der Waals surface area contributed by atoms with Gasteiger partial charge in [-0.25, -0.2) is 0 Å². The number of ketones is 4. The van der Waals surface area contributed by atoms with Crippen LogP contribution in [-0.2, 0) is 14.3 Å². The van der Waals surface area contributed by atoms with Crippen molar-refractivity contribution in [3.8, 4) is 17.2 Å². The summed E-state index contributed by atoms with van der Waals surface area (Å²) >= 11 is 0. The van der Waals surface area contributed by atoms with Crippen molar-refractivity contribution < 1.29 is 49.4 Å². The van der Waals surface area contributed by atoms with Crippen LogP contribution in [0.4, 0.5) is 0 Å². The van der Waals surface area contributed by atoms with Crippen LogP contribution in [0.3, 0.4) is 0 Å². The van der Waals surface area contributed by atoms with E-state index in [1.54, 1.807) is 38.2 Å². The Kier molecular flexibility index (Phi) is 6.45. The zero-order valence-electron chi connectivity index (χ0n) is 25.2. The number of allylic oxidation sites excluding steroid dienone is 8. The Morgan fingerprint density at radius 3 is 2.16 bits per heavy atom. The highest BCUT2D eigenvalue weighted by Gasteiger charge is 2.84. The lowest BCUT2D eigenvalue weighted by Crippen LogP contribution is -2.67. The first-order chi connectivity index (χ1) is 21.1. The SMILES string of the molecule is C/C=C/C=C/C(=O)c1cc2c3c(c(O)c(O)c2c(C)c1O)C(=O)[C@H]1[C@@H]2C(=C(O)/C=C/C=C/C)C(=O)[C@]4(C)C(=O)[C@@]2(C)O[C@@]1(O)[C@@H]34. The van der Waals surface area contributed by atoms with Gasteiger partial charge in [-0.15, -0.1) is 0 Å². The van der Waals surface area contributed by atoms with Gasteiger partial charge in [0.2, 0.25) is 0 Å². The quantitative estimate of drug-likeness (QED) is 0.0795. The highest BCUT2D eigenvalue weighted by Crippen LogP contribution is 2.73. The lowest BCUT2D eigenvalue weighted by Gasteiger charge is -2.54. The number of aryl methyl sites for hydroxylation is 1. The molecule has 10 nitrogen and oxygen atoms in total. The molecule has 0 aromatic heterocycles. The molecule has 3 bridgehead atoms. The van der Waals surface area contributed by atoms with Crippen LogP contribution in [0.25, 0.3) is 10.8 Å². The first kappa shape index (κ1) is 30.2. The molecule has 45 heavy (non-hydrogen) atoms. The molecule has 2 heterocycles. The average Bonchev–Trinajstić information content (AvgIpc) is 3.20. The van der Waals surface area contributed by atoms with Gasteiger partial charge in [0.25, 0.3) is 0 Å². The number of phenols is 3. The predicted octanol–water partition coefficient (Wildman–Crippen LogP) is 4.69. The summed E-state index contributed by atoms with van der Waals surface area (Å²) in [5.41, 5.74) is -5.17. The molecule has 0 unspecified atom stereocenters. The van der Waals surface area contributed by atoms with E-state index >= 15 is 0 Å². The van der Waals surface area contributed by atoms with Gasteiger partial charge in [0, 0.05) is 22.4 Å². The zero-order chi connectivity index (χ0) is 33.0. The maximum absolute atomic E-state index is 14.5. The maximum atomic E-state index is 14.5. The molecule has 0 amide bonds.